The maximum atomic E-state index is 12.0. The molecule has 2 amide bonds. The molecule has 0 saturated heterocycles. The zero-order chi connectivity index (χ0) is 16.6. The first-order valence-corrected chi connectivity index (χ1v) is 7.22. The smallest absolute Gasteiger partial charge is 0.315 e. The van der Waals surface area contributed by atoms with Crippen molar-refractivity contribution < 1.29 is 19.0 Å². The Morgan fingerprint density at radius 3 is 2.41 bits per heavy atom. The second-order valence-electron chi connectivity index (χ2n) is 5.42. The van der Waals surface area contributed by atoms with Crippen molar-refractivity contribution in [2.75, 3.05) is 34.5 Å². The van der Waals surface area contributed by atoms with Crippen LogP contribution in [0.3, 0.4) is 0 Å². The van der Waals surface area contributed by atoms with Gasteiger partial charge in [0.2, 0.25) is 0 Å². The van der Waals surface area contributed by atoms with Crippen molar-refractivity contribution in [2.45, 2.75) is 25.8 Å². The van der Waals surface area contributed by atoms with Gasteiger partial charge in [-0.2, -0.15) is 0 Å². The number of rotatable bonds is 8. The van der Waals surface area contributed by atoms with Crippen LogP contribution in [-0.2, 0) is 10.3 Å². The highest BCUT2D eigenvalue weighted by molar-refractivity contribution is 5.75. The minimum absolute atomic E-state index is 0.212. The second kappa shape index (κ2) is 8.48. The first-order valence-electron chi connectivity index (χ1n) is 7.22. The lowest BCUT2D eigenvalue weighted by atomic mass is 9.94. The minimum Gasteiger partial charge on any atom is -0.493 e. The van der Waals surface area contributed by atoms with Crippen molar-refractivity contribution in [1.29, 1.82) is 0 Å². The lowest BCUT2D eigenvalue weighted by Crippen LogP contribution is -2.46. The Kier molecular flexibility index (Phi) is 6.98. The van der Waals surface area contributed by atoms with E-state index in [2.05, 4.69) is 10.6 Å². The number of carbonyl (C=O) groups excluding carboxylic acids is 1. The number of hydrogen-bond acceptors (Lipinski definition) is 4. The van der Waals surface area contributed by atoms with E-state index in [4.69, 9.17) is 14.2 Å². The summed E-state index contributed by atoms with van der Waals surface area (Å²) in [4.78, 5) is 12.0. The number of amides is 2. The number of benzene rings is 1. The van der Waals surface area contributed by atoms with Crippen LogP contribution in [0, 0.1) is 0 Å². The zero-order valence-electron chi connectivity index (χ0n) is 14.0. The molecule has 0 saturated carbocycles. The van der Waals surface area contributed by atoms with Crippen molar-refractivity contribution in [2.24, 2.45) is 0 Å². The molecular formula is C16H26N2O4. The Morgan fingerprint density at radius 2 is 1.82 bits per heavy atom. The van der Waals surface area contributed by atoms with Gasteiger partial charge in [-0.25, -0.2) is 4.79 Å². The summed E-state index contributed by atoms with van der Waals surface area (Å²) >= 11 is 0. The molecule has 0 aliphatic rings. The summed E-state index contributed by atoms with van der Waals surface area (Å²) in [5, 5.41) is 5.76. The average Bonchev–Trinajstić information content (AvgIpc) is 2.50. The standard InChI is InChI=1S/C16H26N2O4/c1-16(2,18-15(19)17-9-6-10-20-3)12-7-8-13(21-4)14(11-12)22-5/h7-8,11H,6,9-10H2,1-5H3,(H2,17,18,19). The van der Waals surface area contributed by atoms with Crippen molar-refractivity contribution in [3.05, 3.63) is 23.8 Å². The van der Waals surface area contributed by atoms with Gasteiger partial charge >= 0.3 is 6.03 Å². The van der Waals surface area contributed by atoms with E-state index in [9.17, 15) is 4.79 Å². The number of carbonyl (C=O) groups is 1. The fourth-order valence-corrected chi connectivity index (χ4v) is 2.04. The van der Waals surface area contributed by atoms with Crippen LogP contribution in [0.15, 0.2) is 18.2 Å². The van der Waals surface area contributed by atoms with Crippen LogP contribution in [0.1, 0.15) is 25.8 Å². The van der Waals surface area contributed by atoms with E-state index in [1.807, 2.05) is 32.0 Å². The quantitative estimate of drug-likeness (QED) is 0.723. The van der Waals surface area contributed by atoms with Gasteiger partial charge < -0.3 is 24.8 Å². The van der Waals surface area contributed by atoms with Crippen LogP contribution in [0.4, 0.5) is 4.79 Å². The van der Waals surface area contributed by atoms with Crippen molar-refractivity contribution >= 4 is 6.03 Å². The largest absolute Gasteiger partial charge is 0.493 e. The minimum atomic E-state index is -0.537. The van der Waals surface area contributed by atoms with Crippen LogP contribution in [0.2, 0.25) is 0 Å². The van der Waals surface area contributed by atoms with E-state index in [0.717, 1.165) is 12.0 Å². The van der Waals surface area contributed by atoms with Crippen LogP contribution >= 0.6 is 0 Å². The number of methoxy groups -OCH3 is 3. The molecule has 1 rings (SSSR count). The van der Waals surface area contributed by atoms with Gasteiger partial charge in [-0.1, -0.05) is 6.07 Å². The van der Waals surface area contributed by atoms with Crippen LogP contribution in [-0.4, -0.2) is 40.5 Å². The van der Waals surface area contributed by atoms with Gasteiger partial charge in [0.1, 0.15) is 0 Å². The molecule has 124 valence electrons. The van der Waals surface area contributed by atoms with Crippen LogP contribution in [0.5, 0.6) is 11.5 Å². The highest BCUT2D eigenvalue weighted by Crippen LogP contribution is 2.31. The van der Waals surface area contributed by atoms with Gasteiger partial charge in [0.15, 0.2) is 11.5 Å². The van der Waals surface area contributed by atoms with Crippen molar-refractivity contribution in [1.82, 2.24) is 10.6 Å². The van der Waals surface area contributed by atoms with E-state index in [1.165, 1.54) is 0 Å². The highest BCUT2D eigenvalue weighted by atomic mass is 16.5. The summed E-state index contributed by atoms with van der Waals surface area (Å²) < 4.78 is 15.5. The van der Waals surface area contributed by atoms with E-state index < -0.39 is 5.54 Å². The molecule has 0 atom stereocenters. The molecule has 6 heteroatoms. The normalized spacial score (nSPS) is 11.0. The molecule has 0 heterocycles. The first-order chi connectivity index (χ1) is 10.4. The summed E-state index contributed by atoms with van der Waals surface area (Å²) in [5.41, 5.74) is 0.391. The van der Waals surface area contributed by atoms with Gasteiger partial charge in [0.25, 0.3) is 0 Å². The van der Waals surface area contributed by atoms with E-state index in [1.54, 1.807) is 21.3 Å². The molecule has 0 bridgehead atoms. The monoisotopic (exact) mass is 310 g/mol. The Hall–Kier alpha value is -1.95. The SMILES string of the molecule is COCCCNC(=O)NC(C)(C)c1ccc(OC)c(OC)c1. The lowest BCUT2D eigenvalue weighted by molar-refractivity contribution is 0.192. The third kappa shape index (κ3) is 5.11. The van der Waals surface area contributed by atoms with Gasteiger partial charge in [-0.15, -0.1) is 0 Å². The van der Waals surface area contributed by atoms with Crippen LogP contribution in [0.25, 0.3) is 0 Å². The first kappa shape index (κ1) is 18.1. The molecule has 0 aliphatic carbocycles. The molecular weight excluding hydrogens is 284 g/mol. The Bertz CT molecular complexity index is 489. The van der Waals surface area contributed by atoms with Gasteiger partial charge in [0.05, 0.1) is 19.8 Å². The van der Waals surface area contributed by atoms with Gasteiger partial charge in [0, 0.05) is 20.3 Å². The number of nitrogens with one attached hydrogen (secondary N) is 2. The molecule has 0 unspecified atom stereocenters. The predicted molar refractivity (Wildman–Crippen MR) is 85.6 cm³/mol. The average molecular weight is 310 g/mol. The summed E-state index contributed by atoms with van der Waals surface area (Å²) in [5.74, 6) is 1.29. The molecule has 0 aliphatic heterocycles. The van der Waals surface area contributed by atoms with E-state index in [0.29, 0.717) is 24.7 Å². The third-order valence-corrected chi connectivity index (χ3v) is 3.34. The molecule has 0 fully saturated rings. The number of hydrogen-bond donors (Lipinski definition) is 2. The van der Waals surface area contributed by atoms with Crippen molar-refractivity contribution in [3.63, 3.8) is 0 Å². The summed E-state index contributed by atoms with van der Waals surface area (Å²) in [7, 11) is 4.82. The topological polar surface area (TPSA) is 68.8 Å². The molecule has 0 spiro atoms. The number of ether oxygens (including phenoxy) is 3. The third-order valence-electron chi connectivity index (χ3n) is 3.34. The molecule has 0 aromatic heterocycles. The zero-order valence-corrected chi connectivity index (χ0v) is 14.0. The van der Waals surface area contributed by atoms with Gasteiger partial charge in [-0.05, 0) is 38.0 Å². The maximum Gasteiger partial charge on any atom is 0.315 e. The predicted octanol–water partition coefficient (Wildman–Crippen LogP) is 2.27. The molecule has 0 radical (unpaired) electrons. The lowest BCUT2D eigenvalue weighted by Gasteiger charge is -2.27. The molecule has 2 N–H and O–H groups in total. The van der Waals surface area contributed by atoms with Crippen LogP contribution < -0.4 is 20.1 Å². The Morgan fingerprint density at radius 1 is 1.14 bits per heavy atom. The summed E-state index contributed by atoms with van der Waals surface area (Å²) in [6, 6.07) is 5.39. The Labute approximate surface area is 132 Å². The second-order valence-corrected chi connectivity index (χ2v) is 5.42. The highest BCUT2D eigenvalue weighted by Gasteiger charge is 2.24. The fraction of sp³-hybridized carbons (Fsp3) is 0.562. The van der Waals surface area contributed by atoms with Gasteiger partial charge in [-0.3, -0.25) is 0 Å². The molecule has 1 aromatic carbocycles. The fourth-order valence-electron chi connectivity index (χ4n) is 2.04. The van der Waals surface area contributed by atoms with Crippen molar-refractivity contribution in [3.8, 4) is 11.5 Å². The van der Waals surface area contributed by atoms with E-state index >= 15 is 0 Å². The molecule has 1 aromatic rings. The molecule has 22 heavy (non-hydrogen) atoms. The summed E-state index contributed by atoms with van der Waals surface area (Å²) in [6.07, 6.45) is 0.778. The maximum absolute atomic E-state index is 12.0. The van der Waals surface area contributed by atoms with E-state index in [-0.39, 0.29) is 6.03 Å². The Balaban J connectivity index is 2.70. The molecule has 6 nitrogen and oxygen atoms in total. The number of urea groups is 1. The summed E-state index contributed by atoms with van der Waals surface area (Å²) in [6.45, 7) is 5.06.